The molecule has 1 aromatic rings. The minimum absolute atomic E-state index is 0.235. The Hall–Kier alpha value is -1.07. The van der Waals surface area contributed by atoms with Crippen molar-refractivity contribution >= 4 is 23.1 Å². The van der Waals surface area contributed by atoms with Gasteiger partial charge in [0, 0.05) is 19.7 Å². The molecule has 2 rings (SSSR count). The van der Waals surface area contributed by atoms with Gasteiger partial charge in [-0.1, -0.05) is 11.6 Å². The molecule has 3 N–H and O–H groups in total. The van der Waals surface area contributed by atoms with Crippen LogP contribution in [-0.4, -0.2) is 34.8 Å². The van der Waals surface area contributed by atoms with Gasteiger partial charge in [0.25, 0.3) is 0 Å². The molecular weight excluding hydrogens is 228 g/mol. The quantitative estimate of drug-likeness (QED) is 0.771. The maximum absolute atomic E-state index is 8.89. The van der Waals surface area contributed by atoms with E-state index in [9.17, 15) is 0 Å². The molecule has 0 saturated carbocycles. The molecule has 16 heavy (non-hydrogen) atoms. The molecule has 1 atom stereocenters. The number of hydrogen-bond donors (Lipinski definition) is 2. The van der Waals surface area contributed by atoms with Crippen LogP contribution in [0.5, 0.6) is 0 Å². The van der Waals surface area contributed by atoms with Crippen molar-refractivity contribution in [2.75, 3.05) is 30.3 Å². The molecule has 0 spiro atoms. The van der Waals surface area contributed by atoms with Crippen LogP contribution in [0.25, 0.3) is 0 Å². The van der Waals surface area contributed by atoms with E-state index in [1.54, 1.807) is 0 Å². The highest BCUT2D eigenvalue weighted by molar-refractivity contribution is 6.32. The van der Waals surface area contributed by atoms with Crippen molar-refractivity contribution in [2.45, 2.75) is 12.8 Å². The monoisotopic (exact) mass is 242 g/mol. The number of aromatic nitrogens is 2. The summed E-state index contributed by atoms with van der Waals surface area (Å²) in [5.41, 5.74) is 6.27. The Morgan fingerprint density at radius 3 is 3.12 bits per heavy atom. The highest BCUT2D eigenvalue weighted by atomic mass is 35.5. The summed E-state index contributed by atoms with van der Waals surface area (Å²) < 4.78 is 0. The Bertz CT molecular complexity index is 374. The van der Waals surface area contributed by atoms with Crippen LogP contribution in [0.1, 0.15) is 12.8 Å². The minimum atomic E-state index is 0.235. The zero-order valence-electron chi connectivity index (χ0n) is 8.93. The Morgan fingerprint density at radius 2 is 2.38 bits per heavy atom. The van der Waals surface area contributed by atoms with Gasteiger partial charge in [-0.15, -0.1) is 0 Å². The largest absolute Gasteiger partial charge is 0.396 e. The van der Waals surface area contributed by atoms with Crippen LogP contribution in [0.4, 0.5) is 11.5 Å². The van der Waals surface area contributed by atoms with E-state index in [4.69, 9.17) is 22.4 Å². The summed E-state index contributed by atoms with van der Waals surface area (Å²) in [5, 5.41) is 9.19. The van der Waals surface area contributed by atoms with Crippen molar-refractivity contribution in [1.29, 1.82) is 0 Å². The second kappa shape index (κ2) is 4.84. The van der Waals surface area contributed by atoms with Gasteiger partial charge in [0.05, 0.1) is 0 Å². The molecule has 1 saturated heterocycles. The van der Waals surface area contributed by atoms with Gasteiger partial charge in [-0.2, -0.15) is 0 Å². The number of aliphatic hydroxyl groups excluding tert-OH is 1. The van der Waals surface area contributed by atoms with Crippen molar-refractivity contribution < 1.29 is 5.11 Å². The first-order valence-corrected chi connectivity index (χ1v) is 5.72. The average molecular weight is 243 g/mol. The van der Waals surface area contributed by atoms with Crippen LogP contribution in [0.3, 0.4) is 0 Å². The summed E-state index contributed by atoms with van der Waals surface area (Å²) in [6.45, 7) is 2.01. The molecule has 1 fully saturated rings. The number of aliphatic hydroxyl groups is 1. The second-order valence-corrected chi connectivity index (χ2v) is 4.37. The van der Waals surface area contributed by atoms with Crippen molar-refractivity contribution in [2.24, 2.45) is 5.92 Å². The molecule has 1 aromatic heterocycles. The summed E-state index contributed by atoms with van der Waals surface area (Å²) in [7, 11) is 0. The highest BCUT2D eigenvalue weighted by Crippen LogP contribution is 2.30. The second-order valence-electron chi connectivity index (χ2n) is 4.01. The van der Waals surface area contributed by atoms with Crippen LogP contribution in [0, 0.1) is 5.92 Å². The van der Waals surface area contributed by atoms with Crippen LogP contribution in [0.2, 0.25) is 5.15 Å². The van der Waals surface area contributed by atoms with Gasteiger partial charge < -0.3 is 15.7 Å². The molecule has 2 heterocycles. The van der Waals surface area contributed by atoms with Crippen LogP contribution >= 0.6 is 11.6 Å². The summed E-state index contributed by atoms with van der Waals surface area (Å²) in [6, 6.07) is 0. The Kier molecular flexibility index (Phi) is 3.46. The summed E-state index contributed by atoms with van der Waals surface area (Å²) in [4.78, 5) is 10.1. The molecule has 0 bridgehead atoms. The molecule has 1 aliphatic rings. The molecule has 0 amide bonds. The van der Waals surface area contributed by atoms with E-state index in [0.717, 1.165) is 25.9 Å². The lowest BCUT2D eigenvalue weighted by molar-refractivity contribution is 0.263. The van der Waals surface area contributed by atoms with E-state index < -0.39 is 0 Å². The van der Waals surface area contributed by atoms with Crippen LogP contribution < -0.4 is 10.6 Å². The number of nitrogens with two attached hydrogens (primary N) is 1. The van der Waals surface area contributed by atoms with Gasteiger partial charge in [0.2, 0.25) is 0 Å². The highest BCUT2D eigenvalue weighted by Gasteiger charge is 2.25. The smallest absolute Gasteiger partial charge is 0.157 e. The summed E-state index contributed by atoms with van der Waals surface area (Å²) in [6.07, 6.45) is 3.31. The number of hydrogen-bond acceptors (Lipinski definition) is 5. The molecule has 0 aromatic carbocycles. The third kappa shape index (κ3) is 2.20. The molecule has 5 nitrogen and oxygen atoms in total. The van der Waals surface area contributed by atoms with Gasteiger partial charge >= 0.3 is 0 Å². The molecule has 1 unspecified atom stereocenters. The van der Waals surface area contributed by atoms with Crippen LogP contribution in [0.15, 0.2) is 6.33 Å². The number of anilines is 2. The Morgan fingerprint density at radius 1 is 1.56 bits per heavy atom. The zero-order chi connectivity index (χ0) is 11.5. The molecule has 1 aliphatic heterocycles. The Labute approximate surface area is 99.3 Å². The fourth-order valence-electron chi connectivity index (χ4n) is 2.06. The fraction of sp³-hybridized carbons (Fsp3) is 0.600. The van der Waals surface area contributed by atoms with Crippen LogP contribution in [-0.2, 0) is 0 Å². The molecule has 6 heteroatoms. The van der Waals surface area contributed by atoms with E-state index >= 15 is 0 Å². The third-order valence-corrected chi connectivity index (χ3v) is 3.24. The van der Waals surface area contributed by atoms with Gasteiger partial charge in [-0.25, -0.2) is 9.97 Å². The maximum atomic E-state index is 8.89. The number of halogens is 1. The lowest BCUT2D eigenvalue weighted by atomic mass is 10.1. The standard InChI is InChI=1S/C10H15ClN4O/c11-9-8(12)10(14-6-13-9)15-3-1-7(5-15)2-4-16/h6-7,16H,1-5,12H2. The first-order valence-electron chi connectivity index (χ1n) is 5.34. The number of nitrogens with zero attached hydrogens (tertiary/aromatic N) is 3. The zero-order valence-corrected chi connectivity index (χ0v) is 9.69. The first-order chi connectivity index (χ1) is 7.72. The predicted molar refractivity (Wildman–Crippen MR) is 63.5 cm³/mol. The van der Waals surface area contributed by atoms with E-state index in [-0.39, 0.29) is 6.61 Å². The Balaban J connectivity index is 2.11. The summed E-state index contributed by atoms with van der Waals surface area (Å²) in [5.74, 6) is 1.22. The molecular formula is C10H15ClN4O. The SMILES string of the molecule is Nc1c(Cl)ncnc1N1CCC(CCO)C1. The normalized spacial score (nSPS) is 20.4. The number of nitrogen functional groups attached to an aromatic ring is 1. The average Bonchev–Trinajstić information content (AvgIpc) is 2.71. The van der Waals surface area contributed by atoms with Gasteiger partial charge in [-0.3, -0.25) is 0 Å². The van der Waals surface area contributed by atoms with E-state index in [1.165, 1.54) is 6.33 Å². The van der Waals surface area contributed by atoms with Gasteiger partial charge in [0.1, 0.15) is 12.0 Å². The first kappa shape index (κ1) is 11.4. The van der Waals surface area contributed by atoms with Crippen molar-refractivity contribution in [3.05, 3.63) is 11.5 Å². The molecule has 0 radical (unpaired) electrons. The molecule has 88 valence electrons. The summed E-state index contributed by atoms with van der Waals surface area (Å²) >= 11 is 5.85. The van der Waals surface area contributed by atoms with E-state index in [1.807, 2.05) is 0 Å². The maximum Gasteiger partial charge on any atom is 0.157 e. The lowest BCUT2D eigenvalue weighted by Crippen LogP contribution is -2.22. The minimum Gasteiger partial charge on any atom is -0.396 e. The number of rotatable bonds is 3. The fourth-order valence-corrected chi connectivity index (χ4v) is 2.19. The van der Waals surface area contributed by atoms with Crippen molar-refractivity contribution in [3.8, 4) is 0 Å². The van der Waals surface area contributed by atoms with Gasteiger partial charge in [0.15, 0.2) is 11.0 Å². The molecule has 0 aliphatic carbocycles. The van der Waals surface area contributed by atoms with Crippen molar-refractivity contribution in [1.82, 2.24) is 9.97 Å². The van der Waals surface area contributed by atoms with Crippen molar-refractivity contribution in [3.63, 3.8) is 0 Å². The lowest BCUT2D eigenvalue weighted by Gasteiger charge is -2.19. The van der Waals surface area contributed by atoms with E-state index in [2.05, 4.69) is 14.9 Å². The van der Waals surface area contributed by atoms with E-state index in [0.29, 0.717) is 22.6 Å². The predicted octanol–water partition coefficient (Wildman–Crippen LogP) is 0.921. The third-order valence-electron chi connectivity index (χ3n) is 2.94. The topological polar surface area (TPSA) is 75.3 Å². The van der Waals surface area contributed by atoms with Gasteiger partial charge in [-0.05, 0) is 18.8 Å².